The molecule has 0 heterocycles. The molecule has 0 spiro atoms. The van der Waals surface area contributed by atoms with Gasteiger partial charge in [0, 0.05) is 5.41 Å². The first-order valence-corrected chi connectivity index (χ1v) is 14.9. The molecule has 0 radical (unpaired) electrons. The second kappa shape index (κ2) is 12.0. The van der Waals surface area contributed by atoms with Gasteiger partial charge in [0.2, 0.25) is 0 Å². The van der Waals surface area contributed by atoms with Gasteiger partial charge in [0.05, 0.1) is 0 Å². The van der Waals surface area contributed by atoms with Crippen LogP contribution in [0.25, 0.3) is 11.1 Å². The van der Waals surface area contributed by atoms with E-state index in [1.807, 2.05) is 0 Å². The molecular weight excluding hydrogens is 448 g/mol. The van der Waals surface area contributed by atoms with Gasteiger partial charge in [0.1, 0.15) is 0 Å². The number of nitrogens with zero attached hydrogens (tertiary/aromatic N) is 2. The van der Waals surface area contributed by atoms with E-state index in [1.54, 1.807) is 11.1 Å². The van der Waals surface area contributed by atoms with Crippen LogP contribution < -0.4 is 0 Å². The summed E-state index contributed by atoms with van der Waals surface area (Å²) in [5.41, 5.74) is 9.59. The Balaban J connectivity index is 2.07. The topological polar surface area (TPSA) is 6.48 Å². The molecule has 0 aliphatic heterocycles. The Labute approximate surface area is 229 Å². The highest BCUT2D eigenvalue weighted by Crippen LogP contribution is 2.55. The minimum atomic E-state index is 0.128. The van der Waals surface area contributed by atoms with E-state index < -0.39 is 0 Å². The van der Waals surface area contributed by atoms with Crippen molar-refractivity contribution in [2.24, 2.45) is 0 Å². The Morgan fingerprint density at radius 1 is 0.541 bits per heavy atom. The first kappa shape index (κ1) is 29.9. The standard InChI is InChI=1S/C35H56N2/c1-33(2,3)27-17-19-29-30-20-18-28(34(4,5)6)26-32(30)35(31(29)25-27,21-13-11-15-23-36(7)8)22-14-12-16-24-37(9)10/h17-20,25-26H,11-16,21-24H2,1-10H3. The van der Waals surface area contributed by atoms with Crippen molar-refractivity contribution >= 4 is 0 Å². The number of hydrogen-bond acceptors (Lipinski definition) is 2. The summed E-state index contributed by atoms with van der Waals surface area (Å²) < 4.78 is 0. The highest BCUT2D eigenvalue weighted by atomic mass is 15.0. The molecule has 2 heteroatoms. The van der Waals surface area contributed by atoms with E-state index in [9.17, 15) is 0 Å². The summed E-state index contributed by atoms with van der Waals surface area (Å²) in [4.78, 5) is 4.65. The SMILES string of the molecule is CN(C)CCCCCC1(CCCCCN(C)C)c2cc(C(C)(C)C)ccc2-c2ccc(C(C)(C)C)cc21. The highest BCUT2D eigenvalue weighted by Gasteiger charge is 2.43. The predicted octanol–water partition coefficient (Wildman–Crippen LogP) is 8.79. The smallest absolute Gasteiger partial charge is 0.0215 e. The van der Waals surface area contributed by atoms with E-state index in [4.69, 9.17) is 0 Å². The molecule has 0 aromatic heterocycles. The first-order valence-electron chi connectivity index (χ1n) is 14.9. The third kappa shape index (κ3) is 7.27. The van der Waals surface area contributed by atoms with E-state index in [2.05, 4.69) is 116 Å². The molecule has 0 amide bonds. The van der Waals surface area contributed by atoms with Gasteiger partial charge in [-0.3, -0.25) is 0 Å². The number of unbranched alkanes of at least 4 members (excludes halogenated alkanes) is 4. The van der Waals surface area contributed by atoms with Gasteiger partial charge in [0.15, 0.2) is 0 Å². The lowest BCUT2D eigenvalue weighted by Crippen LogP contribution is -2.27. The van der Waals surface area contributed by atoms with Crippen molar-refractivity contribution < 1.29 is 0 Å². The molecule has 0 bridgehead atoms. The monoisotopic (exact) mass is 504 g/mol. The maximum atomic E-state index is 2.60. The third-order valence-electron chi connectivity index (χ3n) is 8.51. The van der Waals surface area contributed by atoms with E-state index in [0.717, 1.165) is 0 Å². The number of fused-ring (bicyclic) bond motifs is 3. The van der Waals surface area contributed by atoms with Crippen LogP contribution in [0.4, 0.5) is 0 Å². The van der Waals surface area contributed by atoms with Gasteiger partial charge in [0.25, 0.3) is 0 Å². The van der Waals surface area contributed by atoms with Crippen molar-refractivity contribution in [2.45, 2.75) is 109 Å². The van der Waals surface area contributed by atoms with Crippen LogP contribution in [0.5, 0.6) is 0 Å². The summed E-state index contributed by atoms with van der Waals surface area (Å²) in [5, 5.41) is 0. The Kier molecular flexibility index (Phi) is 9.73. The fourth-order valence-corrected chi connectivity index (χ4v) is 6.16. The van der Waals surface area contributed by atoms with Gasteiger partial charge >= 0.3 is 0 Å². The van der Waals surface area contributed by atoms with Crippen molar-refractivity contribution in [3.8, 4) is 11.1 Å². The summed E-state index contributed by atoms with van der Waals surface area (Å²) in [5.74, 6) is 0. The van der Waals surface area contributed by atoms with Gasteiger partial charge in [-0.05, 0) is 111 Å². The van der Waals surface area contributed by atoms with E-state index in [-0.39, 0.29) is 16.2 Å². The minimum Gasteiger partial charge on any atom is -0.309 e. The Bertz CT molecular complexity index is 933. The Morgan fingerprint density at radius 2 is 0.919 bits per heavy atom. The fraction of sp³-hybridized carbons (Fsp3) is 0.657. The number of benzene rings is 2. The zero-order valence-corrected chi connectivity index (χ0v) is 25.9. The molecule has 1 aliphatic carbocycles. The van der Waals surface area contributed by atoms with Crippen LogP contribution in [-0.2, 0) is 16.2 Å². The fourth-order valence-electron chi connectivity index (χ4n) is 6.16. The van der Waals surface area contributed by atoms with Crippen molar-refractivity contribution in [1.29, 1.82) is 0 Å². The zero-order chi connectivity index (χ0) is 27.4. The minimum absolute atomic E-state index is 0.128. The Hall–Kier alpha value is -1.64. The maximum Gasteiger partial charge on any atom is 0.0215 e. The largest absolute Gasteiger partial charge is 0.309 e. The molecule has 3 rings (SSSR count). The van der Waals surface area contributed by atoms with E-state index in [0.29, 0.717) is 0 Å². The van der Waals surface area contributed by atoms with E-state index >= 15 is 0 Å². The Morgan fingerprint density at radius 3 is 1.24 bits per heavy atom. The molecule has 0 fully saturated rings. The number of hydrogen-bond donors (Lipinski definition) is 0. The lowest BCUT2D eigenvalue weighted by Gasteiger charge is -2.35. The molecule has 2 aromatic carbocycles. The molecule has 2 nitrogen and oxygen atoms in total. The summed E-state index contributed by atoms with van der Waals surface area (Å²) in [7, 11) is 8.78. The second-order valence-corrected chi connectivity index (χ2v) is 14.3. The van der Waals surface area contributed by atoms with Gasteiger partial charge in [-0.15, -0.1) is 0 Å². The van der Waals surface area contributed by atoms with Crippen LogP contribution in [0.2, 0.25) is 0 Å². The van der Waals surface area contributed by atoms with Gasteiger partial charge in [-0.2, -0.15) is 0 Å². The highest BCUT2D eigenvalue weighted by molar-refractivity contribution is 5.82. The van der Waals surface area contributed by atoms with Crippen molar-refractivity contribution in [2.75, 3.05) is 41.3 Å². The summed E-state index contributed by atoms with van der Waals surface area (Å²) in [6.45, 7) is 16.5. The summed E-state index contributed by atoms with van der Waals surface area (Å²) >= 11 is 0. The number of rotatable bonds is 12. The molecule has 0 unspecified atom stereocenters. The van der Waals surface area contributed by atoms with Gasteiger partial charge < -0.3 is 9.80 Å². The molecule has 0 saturated carbocycles. The van der Waals surface area contributed by atoms with Crippen LogP contribution in [0.1, 0.15) is 115 Å². The molecule has 0 atom stereocenters. The predicted molar refractivity (Wildman–Crippen MR) is 164 cm³/mol. The molecular formula is C35H56N2. The molecule has 0 N–H and O–H groups in total. The lowest BCUT2D eigenvalue weighted by atomic mass is 9.69. The lowest BCUT2D eigenvalue weighted by molar-refractivity contribution is 0.358. The average Bonchev–Trinajstić information content (AvgIpc) is 3.06. The molecule has 0 saturated heterocycles. The van der Waals surface area contributed by atoms with Crippen LogP contribution >= 0.6 is 0 Å². The zero-order valence-electron chi connectivity index (χ0n) is 25.9. The second-order valence-electron chi connectivity index (χ2n) is 14.3. The van der Waals surface area contributed by atoms with Crippen molar-refractivity contribution in [3.05, 3.63) is 58.7 Å². The summed E-state index contributed by atoms with van der Waals surface area (Å²) in [6, 6.07) is 14.9. The molecule has 2 aromatic rings. The first-order chi connectivity index (χ1) is 17.3. The van der Waals surface area contributed by atoms with Crippen molar-refractivity contribution in [3.63, 3.8) is 0 Å². The normalized spacial score (nSPS) is 14.9. The van der Waals surface area contributed by atoms with Crippen LogP contribution in [0.15, 0.2) is 36.4 Å². The quantitative estimate of drug-likeness (QED) is 0.266. The van der Waals surface area contributed by atoms with Gasteiger partial charge in [-0.25, -0.2) is 0 Å². The van der Waals surface area contributed by atoms with Crippen LogP contribution in [0.3, 0.4) is 0 Å². The molecule has 1 aliphatic rings. The van der Waals surface area contributed by atoms with Gasteiger partial charge in [-0.1, -0.05) is 104 Å². The van der Waals surface area contributed by atoms with Crippen LogP contribution in [-0.4, -0.2) is 51.1 Å². The van der Waals surface area contributed by atoms with Crippen LogP contribution in [0, 0.1) is 0 Å². The molecule has 206 valence electrons. The maximum absolute atomic E-state index is 2.60. The van der Waals surface area contributed by atoms with E-state index in [1.165, 1.54) is 86.7 Å². The van der Waals surface area contributed by atoms with Crippen molar-refractivity contribution in [1.82, 2.24) is 9.80 Å². The summed E-state index contributed by atoms with van der Waals surface area (Å²) in [6.07, 6.45) is 10.3. The average molecular weight is 505 g/mol. The third-order valence-corrected chi connectivity index (χ3v) is 8.51. The molecule has 37 heavy (non-hydrogen) atoms.